The van der Waals surface area contributed by atoms with E-state index in [0.717, 1.165) is 5.56 Å². The quantitative estimate of drug-likeness (QED) is 0.380. The number of nitrogens with two attached hydrogens (primary N) is 1. The molecule has 0 saturated heterocycles. The van der Waals surface area contributed by atoms with Gasteiger partial charge < -0.3 is 11.1 Å². The third kappa shape index (κ3) is 4.82. The second-order valence-electron chi connectivity index (χ2n) is 4.74. The molecular weight excluding hydrogens is 318 g/mol. The minimum atomic E-state index is -0.520. The maximum absolute atomic E-state index is 11.8. The van der Waals surface area contributed by atoms with E-state index in [9.17, 15) is 14.9 Å². The third-order valence-electron chi connectivity index (χ3n) is 3.09. The molecule has 0 aromatic heterocycles. The van der Waals surface area contributed by atoms with Crippen LogP contribution < -0.4 is 11.1 Å². The van der Waals surface area contributed by atoms with Crippen LogP contribution in [0.25, 0.3) is 6.08 Å². The summed E-state index contributed by atoms with van der Waals surface area (Å²) in [4.78, 5) is 21.9. The Labute approximate surface area is 137 Å². The van der Waals surface area contributed by atoms with Gasteiger partial charge in [0.2, 0.25) is 5.91 Å². The molecule has 23 heavy (non-hydrogen) atoms. The van der Waals surface area contributed by atoms with E-state index in [0.29, 0.717) is 10.6 Å². The van der Waals surface area contributed by atoms with Gasteiger partial charge in [0, 0.05) is 35.5 Å². The van der Waals surface area contributed by atoms with Crippen molar-refractivity contribution in [3.8, 4) is 0 Å². The van der Waals surface area contributed by atoms with Crippen molar-refractivity contribution in [1.82, 2.24) is 5.32 Å². The van der Waals surface area contributed by atoms with Gasteiger partial charge in [-0.25, -0.2) is 0 Å². The van der Waals surface area contributed by atoms with Gasteiger partial charge in [0.15, 0.2) is 0 Å². The fraction of sp³-hybridized carbons (Fsp3) is 0.0625. The zero-order valence-corrected chi connectivity index (χ0v) is 12.8. The summed E-state index contributed by atoms with van der Waals surface area (Å²) in [5, 5.41) is 13.9. The molecule has 0 atom stereocenters. The van der Waals surface area contributed by atoms with E-state index in [-0.39, 0.29) is 23.8 Å². The van der Waals surface area contributed by atoms with Crippen molar-refractivity contribution in [2.24, 2.45) is 0 Å². The largest absolute Gasteiger partial charge is 0.398 e. The highest BCUT2D eigenvalue weighted by Crippen LogP contribution is 2.19. The van der Waals surface area contributed by atoms with Crippen LogP contribution in [0.5, 0.6) is 0 Å². The number of nitro groups is 1. The van der Waals surface area contributed by atoms with Gasteiger partial charge in [0.05, 0.1) is 4.92 Å². The summed E-state index contributed by atoms with van der Waals surface area (Å²) in [7, 11) is 0. The molecule has 0 radical (unpaired) electrons. The monoisotopic (exact) mass is 331 g/mol. The summed E-state index contributed by atoms with van der Waals surface area (Å²) in [6.45, 7) is 0.188. The fourth-order valence-electron chi connectivity index (χ4n) is 1.84. The van der Waals surface area contributed by atoms with Gasteiger partial charge in [0.1, 0.15) is 0 Å². The Bertz CT molecular complexity index is 758. The molecule has 0 aliphatic carbocycles. The molecule has 0 bridgehead atoms. The predicted octanol–water partition coefficient (Wildman–Crippen LogP) is 3.16. The summed E-state index contributed by atoms with van der Waals surface area (Å²) in [6.07, 6.45) is 3.05. The third-order valence-corrected chi connectivity index (χ3v) is 3.34. The molecule has 0 spiro atoms. The first-order valence-corrected chi connectivity index (χ1v) is 7.08. The van der Waals surface area contributed by atoms with Crippen LogP contribution in [-0.2, 0) is 11.3 Å². The molecule has 0 fully saturated rings. The molecule has 2 aromatic carbocycles. The van der Waals surface area contributed by atoms with Gasteiger partial charge in [-0.2, -0.15) is 0 Å². The fourth-order valence-corrected chi connectivity index (χ4v) is 1.97. The lowest BCUT2D eigenvalue weighted by atomic mass is 10.1. The Morgan fingerprint density at radius 1 is 1.26 bits per heavy atom. The minimum absolute atomic E-state index is 0.0831. The zero-order chi connectivity index (χ0) is 16.8. The van der Waals surface area contributed by atoms with Crippen LogP contribution in [-0.4, -0.2) is 10.8 Å². The van der Waals surface area contributed by atoms with E-state index in [2.05, 4.69) is 5.32 Å². The number of nitro benzene ring substituents is 1. The number of nitrogen functional groups attached to an aromatic ring is 1. The molecule has 0 heterocycles. The van der Waals surface area contributed by atoms with Crippen LogP contribution in [0.4, 0.5) is 11.4 Å². The van der Waals surface area contributed by atoms with E-state index >= 15 is 0 Å². The van der Waals surface area contributed by atoms with Crippen LogP contribution in [0.15, 0.2) is 48.5 Å². The Morgan fingerprint density at radius 3 is 2.57 bits per heavy atom. The Hall–Kier alpha value is -2.86. The zero-order valence-electron chi connectivity index (χ0n) is 12.0. The van der Waals surface area contributed by atoms with Gasteiger partial charge in [-0.3, -0.25) is 14.9 Å². The Kier molecular flexibility index (Phi) is 5.32. The summed E-state index contributed by atoms with van der Waals surface area (Å²) in [5.74, 6) is -0.294. The maximum atomic E-state index is 11.8. The summed E-state index contributed by atoms with van der Waals surface area (Å²) in [6, 6.07) is 11.2. The molecule has 2 aromatic rings. The second-order valence-corrected chi connectivity index (χ2v) is 5.18. The van der Waals surface area contributed by atoms with Crippen LogP contribution in [0.1, 0.15) is 11.1 Å². The molecule has 118 valence electrons. The van der Waals surface area contributed by atoms with Crippen molar-refractivity contribution < 1.29 is 9.72 Å². The van der Waals surface area contributed by atoms with Gasteiger partial charge >= 0.3 is 0 Å². The van der Waals surface area contributed by atoms with Gasteiger partial charge in [-0.05, 0) is 35.4 Å². The van der Waals surface area contributed by atoms with E-state index in [4.69, 9.17) is 17.3 Å². The summed E-state index contributed by atoms with van der Waals surface area (Å²) >= 11 is 5.78. The lowest BCUT2D eigenvalue weighted by molar-refractivity contribution is -0.384. The molecule has 2 rings (SSSR count). The van der Waals surface area contributed by atoms with Crippen LogP contribution in [0.2, 0.25) is 5.02 Å². The molecule has 6 nitrogen and oxygen atoms in total. The number of benzene rings is 2. The highest BCUT2D eigenvalue weighted by Gasteiger charge is 2.08. The smallest absolute Gasteiger partial charge is 0.271 e. The average Bonchev–Trinajstić information content (AvgIpc) is 2.53. The van der Waals surface area contributed by atoms with Crippen molar-refractivity contribution in [3.05, 3.63) is 74.8 Å². The Balaban J connectivity index is 1.94. The first-order valence-electron chi connectivity index (χ1n) is 6.70. The molecule has 7 heteroatoms. The molecule has 0 aliphatic heterocycles. The number of hydrogen-bond donors (Lipinski definition) is 2. The number of anilines is 1. The number of nitrogens with one attached hydrogen (secondary N) is 1. The number of non-ortho nitro benzene ring substituents is 1. The second kappa shape index (κ2) is 7.42. The highest BCUT2D eigenvalue weighted by molar-refractivity contribution is 6.30. The number of amides is 1. The standard InChI is InChI=1S/C16H14ClN3O3/c17-13-5-1-11(2-6-13)3-8-16(21)19-10-12-4-7-14(20(22)23)9-15(12)18/h1-9H,10,18H2,(H,19,21)/b8-3+. The van der Waals surface area contributed by atoms with Gasteiger partial charge in [0.25, 0.3) is 5.69 Å². The number of rotatable bonds is 5. The SMILES string of the molecule is Nc1cc([N+](=O)[O-])ccc1CNC(=O)/C=C/c1ccc(Cl)cc1. The van der Waals surface area contributed by atoms with Crippen molar-refractivity contribution in [2.75, 3.05) is 5.73 Å². The van der Waals surface area contributed by atoms with E-state index in [1.54, 1.807) is 30.3 Å². The predicted molar refractivity (Wildman–Crippen MR) is 89.8 cm³/mol. The number of carbonyl (C=O) groups is 1. The number of nitrogens with zero attached hydrogens (tertiary/aromatic N) is 1. The van der Waals surface area contributed by atoms with Crippen molar-refractivity contribution >= 4 is 35.0 Å². The lowest BCUT2D eigenvalue weighted by Gasteiger charge is -2.06. The van der Waals surface area contributed by atoms with Crippen molar-refractivity contribution in [1.29, 1.82) is 0 Å². The lowest BCUT2D eigenvalue weighted by Crippen LogP contribution is -2.20. The van der Waals surface area contributed by atoms with Crippen LogP contribution >= 0.6 is 11.6 Å². The molecule has 1 amide bonds. The molecule has 3 N–H and O–H groups in total. The number of carbonyl (C=O) groups excluding carboxylic acids is 1. The number of hydrogen-bond acceptors (Lipinski definition) is 4. The molecular formula is C16H14ClN3O3. The minimum Gasteiger partial charge on any atom is -0.398 e. The topological polar surface area (TPSA) is 98.3 Å². The maximum Gasteiger partial charge on any atom is 0.271 e. The van der Waals surface area contributed by atoms with Crippen LogP contribution in [0, 0.1) is 10.1 Å². The van der Waals surface area contributed by atoms with E-state index in [1.165, 1.54) is 24.3 Å². The molecule has 0 saturated carbocycles. The van der Waals surface area contributed by atoms with Crippen LogP contribution in [0.3, 0.4) is 0 Å². The average molecular weight is 332 g/mol. The number of halogens is 1. The summed E-state index contributed by atoms with van der Waals surface area (Å²) in [5.41, 5.74) is 7.38. The van der Waals surface area contributed by atoms with Gasteiger partial charge in [-0.15, -0.1) is 0 Å². The van der Waals surface area contributed by atoms with Gasteiger partial charge in [-0.1, -0.05) is 23.7 Å². The highest BCUT2D eigenvalue weighted by atomic mass is 35.5. The first-order chi connectivity index (χ1) is 11.0. The van der Waals surface area contributed by atoms with Crippen molar-refractivity contribution in [2.45, 2.75) is 6.54 Å². The van der Waals surface area contributed by atoms with E-state index in [1.807, 2.05) is 0 Å². The summed E-state index contributed by atoms with van der Waals surface area (Å²) < 4.78 is 0. The molecule has 0 aliphatic rings. The van der Waals surface area contributed by atoms with Crippen molar-refractivity contribution in [3.63, 3.8) is 0 Å². The van der Waals surface area contributed by atoms with E-state index < -0.39 is 4.92 Å². The first kappa shape index (κ1) is 16.5. The molecule has 0 unspecified atom stereocenters. The Morgan fingerprint density at radius 2 is 1.96 bits per heavy atom. The normalized spacial score (nSPS) is 10.7.